The van der Waals surface area contributed by atoms with Gasteiger partial charge in [-0.3, -0.25) is 9.78 Å². The maximum absolute atomic E-state index is 13.1. The second-order valence-electron chi connectivity index (χ2n) is 9.16. The second kappa shape index (κ2) is 12.0. The number of aromatic nitrogens is 2. The van der Waals surface area contributed by atoms with Crippen LogP contribution in [-0.2, 0) is 13.0 Å². The number of anilines is 2. The standard InChI is InChI=1S/C28H33N7O2/c1-34(2)15-16-35(28(37)30-14-13-21-18-32-24-9-5-3-7-22(21)24)19-20-11-12-26(31-17-20)27(36)33-25-10-6-4-8-23(25)29/h3-12,17-18,32H,13-16,19,29H2,1-2H3,(H,30,37)(H,33,36). The first-order valence-corrected chi connectivity index (χ1v) is 12.2. The Kier molecular flexibility index (Phi) is 8.37. The molecule has 0 unspecified atom stereocenters. The first-order valence-electron chi connectivity index (χ1n) is 12.2. The monoisotopic (exact) mass is 499 g/mol. The molecule has 0 fully saturated rings. The number of hydrogen-bond acceptors (Lipinski definition) is 5. The van der Waals surface area contributed by atoms with Crippen molar-refractivity contribution in [1.82, 2.24) is 25.1 Å². The summed E-state index contributed by atoms with van der Waals surface area (Å²) in [5.74, 6) is -0.344. The summed E-state index contributed by atoms with van der Waals surface area (Å²) in [5.41, 5.74) is 10.3. The summed E-state index contributed by atoms with van der Waals surface area (Å²) < 4.78 is 0. The van der Waals surface area contributed by atoms with E-state index in [1.807, 2.05) is 49.5 Å². The van der Waals surface area contributed by atoms with E-state index in [0.29, 0.717) is 31.0 Å². The molecule has 5 N–H and O–H groups in total. The molecule has 9 nitrogen and oxygen atoms in total. The number of nitrogens with two attached hydrogens (primary N) is 1. The Morgan fingerprint density at radius 2 is 1.78 bits per heavy atom. The second-order valence-corrected chi connectivity index (χ2v) is 9.16. The molecule has 0 aliphatic heterocycles. The summed E-state index contributed by atoms with van der Waals surface area (Å²) in [6, 6.07) is 18.5. The van der Waals surface area contributed by atoms with E-state index < -0.39 is 0 Å². The third-order valence-corrected chi connectivity index (χ3v) is 6.09. The minimum absolute atomic E-state index is 0.136. The van der Waals surface area contributed by atoms with Crippen LogP contribution in [0.3, 0.4) is 0 Å². The molecule has 0 aliphatic rings. The summed E-state index contributed by atoms with van der Waals surface area (Å²) in [5, 5.41) is 7.00. The zero-order valence-electron chi connectivity index (χ0n) is 21.2. The lowest BCUT2D eigenvalue weighted by Crippen LogP contribution is -2.43. The lowest BCUT2D eigenvalue weighted by molar-refractivity contribution is 0.102. The number of nitrogens with one attached hydrogen (secondary N) is 3. The number of likely N-dealkylation sites (N-methyl/N-ethyl adjacent to an activating group) is 1. The van der Waals surface area contributed by atoms with Gasteiger partial charge in [0.25, 0.3) is 5.91 Å². The van der Waals surface area contributed by atoms with Crippen molar-refractivity contribution >= 4 is 34.2 Å². The largest absolute Gasteiger partial charge is 0.397 e. The fourth-order valence-corrected chi connectivity index (χ4v) is 4.00. The Labute approximate surface area is 216 Å². The molecular formula is C28H33N7O2. The highest BCUT2D eigenvalue weighted by Crippen LogP contribution is 2.19. The van der Waals surface area contributed by atoms with Crippen LogP contribution in [-0.4, -0.2) is 65.4 Å². The summed E-state index contributed by atoms with van der Waals surface area (Å²) in [4.78, 5) is 37.0. The smallest absolute Gasteiger partial charge is 0.317 e. The molecule has 4 rings (SSSR count). The number of H-pyrrole nitrogens is 1. The third kappa shape index (κ3) is 6.86. The van der Waals surface area contributed by atoms with E-state index in [4.69, 9.17) is 5.73 Å². The van der Waals surface area contributed by atoms with Crippen molar-refractivity contribution < 1.29 is 9.59 Å². The first-order chi connectivity index (χ1) is 17.9. The van der Waals surface area contributed by atoms with E-state index in [2.05, 4.69) is 26.7 Å². The number of fused-ring (bicyclic) bond motifs is 1. The summed E-state index contributed by atoms with van der Waals surface area (Å²) >= 11 is 0. The average Bonchev–Trinajstić information content (AvgIpc) is 3.31. The van der Waals surface area contributed by atoms with E-state index in [1.54, 1.807) is 41.4 Å². The molecule has 2 aromatic carbocycles. The number of carbonyl (C=O) groups excluding carboxylic acids is 2. The van der Waals surface area contributed by atoms with E-state index >= 15 is 0 Å². The van der Waals surface area contributed by atoms with E-state index in [1.165, 1.54) is 10.9 Å². The molecular weight excluding hydrogens is 466 g/mol. The van der Waals surface area contributed by atoms with Crippen molar-refractivity contribution in [3.05, 3.63) is 89.9 Å². The lowest BCUT2D eigenvalue weighted by Gasteiger charge is -2.25. The molecule has 0 spiro atoms. The van der Waals surface area contributed by atoms with Gasteiger partial charge in [-0.15, -0.1) is 0 Å². The number of carbonyl (C=O) groups is 2. The minimum Gasteiger partial charge on any atom is -0.397 e. The van der Waals surface area contributed by atoms with Crippen molar-refractivity contribution in [2.45, 2.75) is 13.0 Å². The molecule has 0 saturated heterocycles. The van der Waals surface area contributed by atoms with Crippen LogP contribution in [0.1, 0.15) is 21.6 Å². The van der Waals surface area contributed by atoms with Crippen LogP contribution in [0.2, 0.25) is 0 Å². The molecule has 3 amide bonds. The van der Waals surface area contributed by atoms with Gasteiger partial charge in [-0.05, 0) is 55.9 Å². The minimum atomic E-state index is -0.344. The number of amides is 3. The number of pyridine rings is 1. The molecule has 2 aromatic heterocycles. The SMILES string of the molecule is CN(C)CCN(Cc1ccc(C(=O)Nc2ccccc2N)nc1)C(=O)NCCc1c[nH]c2ccccc12. The van der Waals surface area contributed by atoms with Crippen molar-refractivity contribution in [2.24, 2.45) is 0 Å². The van der Waals surface area contributed by atoms with Crippen LogP contribution >= 0.6 is 0 Å². The molecule has 0 saturated carbocycles. The van der Waals surface area contributed by atoms with Crippen LogP contribution in [0.4, 0.5) is 16.2 Å². The number of para-hydroxylation sites is 3. The van der Waals surface area contributed by atoms with Gasteiger partial charge in [-0.2, -0.15) is 0 Å². The van der Waals surface area contributed by atoms with Gasteiger partial charge in [-0.1, -0.05) is 36.4 Å². The third-order valence-electron chi connectivity index (χ3n) is 6.09. The van der Waals surface area contributed by atoms with Gasteiger partial charge in [0, 0.05) is 49.5 Å². The number of nitrogens with zero attached hydrogens (tertiary/aromatic N) is 3. The number of nitrogen functional groups attached to an aromatic ring is 1. The average molecular weight is 500 g/mol. The molecule has 0 radical (unpaired) electrons. The van der Waals surface area contributed by atoms with Crippen LogP contribution in [0.5, 0.6) is 0 Å². The Hall–Kier alpha value is -4.37. The number of rotatable bonds is 10. The van der Waals surface area contributed by atoms with Crippen LogP contribution in [0.25, 0.3) is 10.9 Å². The molecule has 37 heavy (non-hydrogen) atoms. The van der Waals surface area contributed by atoms with Gasteiger partial charge in [0.05, 0.1) is 11.4 Å². The number of hydrogen-bond donors (Lipinski definition) is 4. The Balaban J connectivity index is 1.36. The van der Waals surface area contributed by atoms with Crippen molar-refractivity contribution in [2.75, 3.05) is 44.8 Å². The Morgan fingerprint density at radius 3 is 2.54 bits per heavy atom. The van der Waals surface area contributed by atoms with Crippen molar-refractivity contribution in [3.63, 3.8) is 0 Å². The van der Waals surface area contributed by atoms with Crippen molar-refractivity contribution in [3.8, 4) is 0 Å². The van der Waals surface area contributed by atoms with Gasteiger partial charge in [0.15, 0.2) is 0 Å². The predicted molar refractivity (Wildman–Crippen MR) is 147 cm³/mol. The fourth-order valence-electron chi connectivity index (χ4n) is 4.00. The maximum atomic E-state index is 13.1. The van der Waals surface area contributed by atoms with E-state index in [9.17, 15) is 9.59 Å². The Bertz CT molecular complexity index is 1350. The van der Waals surface area contributed by atoms with Gasteiger partial charge in [-0.25, -0.2) is 4.79 Å². The highest BCUT2D eigenvalue weighted by atomic mass is 16.2. The highest BCUT2D eigenvalue weighted by molar-refractivity contribution is 6.04. The van der Waals surface area contributed by atoms with Gasteiger partial charge >= 0.3 is 6.03 Å². The van der Waals surface area contributed by atoms with Gasteiger partial charge in [0.1, 0.15) is 5.69 Å². The fraction of sp³-hybridized carbons (Fsp3) is 0.250. The zero-order valence-corrected chi connectivity index (χ0v) is 21.2. The molecule has 0 bridgehead atoms. The lowest BCUT2D eigenvalue weighted by atomic mass is 10.1. The molecule has 192 valence electrons. The highest BCUT2D eigenvalue weighted by Gasteiger charge is 2.16. The number of urea groups is 1. The number of aromatic amines is 1. The van der Waals surface area contributed by atoms with Crippen LogP contribution in [0, 0.1) is 0 Å². The molecule has 0 atom stereocenters. The predicted octanol–water partition coefficient (Wildman–Crippen LogP) is 3.71. The molecule has 9 heteroatoms. The van der Waals surface area contributed by atoms with Crippen molar-refractivity contribution in [1.29, 1.82) is 0 Å². The van der Waals surface area contributed by atoms with Gasteiger partial charge in [0.2, 0.25) is 0 Å². The molecule has 0 aliphatic carbocycles. The maximum Gasteiger partial charge on any atom is 0.317 e. The zero-order chi connectivity index (χ0) is 26.2. The first kappa shape index (κ1) is 25.7. The van der Waals surface area contributed by atoms with Crippen LogP contribution < -0.4 is 16.4 Å². The summed E-state index contributed by atoms with van der Waals surface area (Å²) in [6.45, 7) is 2.19. The summed E-state index contributed by atoms with van der Waals surface area (Å²) in [7, 11) is 3.95. The quantitative estimate of drug-likeness (QED) is 0.248. The van der Waals surface area contributed by atoms with E-state index in [-0.39, 0.29) is 17.6 Å². The summed E-state index contributed by atoms with van der Waals surface area (Å²) in [6.07, 6.45) is 4.36. The van der Waals surface area contributed by atoms with Gasteiger partial charge < -0.3 is 31.2 Å². The van der Waals surface area contributed by atoms with Crippen LogP contribution in [0.15, 0.2) is 73.1 Å². The normalized spacial score (nSPS) is 11.0. The topological polar surface area (TPSA) is 119 Å². The Morgan fingerprint density at radius 1 is 1.00 bits per heavy atom. The molecule has 2 heterocycles. The number of benzene rings is 2. The molecule has 4 aromatic rings. The van der Waals surface area contributed by atoms with E-state index in [0.717, 1.165) is 24.0 Å².